The van der Waals surface area contributed by atoms with Gasteiger partial charge in [-0.1, -0.05) is 47.5 Å². The van der Waals surface area contributed by atoms with E-state index in [0.717, 1.165) is 13.0 Å². The van der Waals surface area contributed by atoms with Gasteiger partial charge in [0.05, 0.1) is 12.6 Å². The molecule has 2 nitrogen and oxygen atoms in total. The van der Waals surface area contributed by atoms with Crippen molar-refractivity contribution in [2.75, 3.05) is 19.7 Å². The smallest absolute Gasteiger partial charge is 0.0628 e. The predicted molar refractivity (Wildman–Crippen MR) is 71.3 cm³/mol. The fourth-order valence-electron chi connectivity index (χ4n) is 2.34. The third kappa shape index (κ3) is 2.83. The van der Waals surface area contributed by atoms with Gasteiger partial charge in [-0.2, -0.15) is 0 Å². The minimum Gasteiger partial charge on any atom is -0.394 e. The Morgan fingerprint density at radius 1 is 1.47 bits per heavy atom. The molecule has 1 atom stereocenters. The Bertz CT molecular complexity index is 420. The molecule has 1 aromatic rings. The molecule has 0 amide bonds. The van der Waals surface area contributed by atoms with Gasteiger partial charge in [0.1, 0.15) is 0 Å². The highest BCUT2D eigenvalue weighted by molar-refractivity contribution is 6.36. The van der Waals surface area contributed by atoms with Crippen molar-refractivity contribution >= 4 is 23.2 Å². The van der Waals surface area contributed by atoms with E-state index >= 15 is 0 Å². The van der Waals surface area contributed by atoms with E-state index in [2.05, 4.69) is 17.0 Å². The van der Waals surface area contributed by atoms with Crippen molar-refractivity contribution in [1.29, 1.82) is 0 Å². The van der Waals surface area contributed by atoms with E-state index in [0.29, 0.717) is 11.6 Å². The Balaban J connectivity index is 2.23. The van der Waals surface area contributed by atoms with Gasteiger partial charge in [0.15, 0.2) is 0 Å². The number of halogens is 2. The number of rotatable bonds is 3. The summed E-state index contributed by atoms with van der Waals surface area (Å²) in [5.41, 5.74) is 3.89. The summed E-state index contributed by atoms with van der Waals surface area (Å²) in [7, 11) is 0. The van der Waals surface area contributed by atoms with Gasteiger partial charge in [0, 0.05) is 23.7 Å². The van der Waals surface area contributed by atoms with Crippen molar-refractivity contribution in [1.82, 2.24) is 4.90 Å². The van der Waals surface area contributed by atoms with E-state index in [1.54, 1.807) is 0 Å². The molecule has 17 heavy (non-hydrogen) atoms. The summed E-state index contributed by atoms with van der Waals surface area (Å²) in [5.74, 6) is 0. The number of benzene rings is 1. The third-order valence-corrected chi connectivity index (χ3v) is 3.77. The topological polar surface area (TPSA) is 23.5 Å². The van der Waals surface area contributed by atoms with E-state index in [9.17, 15) is 5.11 Å². The minimum absolute atomic E-state index is 0.0188. The van der Waals surface area contributed by atoms with Crippen LogP contribution in [0.3, 0.4) is 0 Å². The molecule has 0 spiro atoms. The monoisotopic (exact) mass is 271 g/mol. The quantitative estimate of drug-likeness (QED) is 0.914. The molecule has 1 heterocycles. The number of nitrogens with zero attached hydrogens (tertiary/aromatic N) is 1. The average Bonchev–Trinajstić information content (AvgIpc) is 2.38. The van der Waals surface area contributed by atoms with Gasteiger partial charge in [-0.15, -0.1) is 0 Å². The van der Waals surface area contributed by atoms with E-state index in [4.69, 9.17) is 23.2 Å². The van der Waals surface area contributed by atoms with E-state index < -0.39 is 0 Å². The fourth-order valence-corrected chi connectivity index (χ4v) is 2.56. The summed E-state index contributed by atoms with van der Waals surface area (Å²) in [5, 5.41) is 10.2. The maximum absolute atomic E-state index is 9.56. The fraction of sp³-hybridized carbons (Fsp3) is 0.385. The van der Waals surface area contributed by atoms with Crippen molar-refractivity contribution in [2.45, 2.75) is 12.5 Å². The Hall–Kier alpha value is -0.540. The minimum atomic E-state index is 0.0188. The molecule has 0 radical (unpaired) electrons. The highest BCUT2D eigenvalue weighted by Crippen LogP contribution is 2.30. The van der Waals surface area contributed by atoms with Crippen LogP contribution in [0.15, 0.2) is 34.8 Å². The summed E-state index contributed by atoms with van der Waals surface area (Å²) in [6.07, 6.45) is 0.985. The highest BCUT2D eigenvalue weighted by Gasteiger charge is 2.26. The summed E-state index contributed by atoms with van der Waals surface area (Å²) in [6, 6.07) is 8.25. The first-order valence-corrected chi connectivity index (χ1v) is 6.45. The van der Waals surface area contributed by atoms with Gasteiger partial charge in [0.25, 0.3) is 0 Å². The summed E-state index contributed by atoms with van der Waals surface area (Å²) < 4.78 is 0. The molecule has 0 saturated heterocycles. The lowest BCUT2D eigenvalue weighted by atomic mass is 9.93. The lowest BCUT2D eigenvalue weighted by Gasteiger charge is -2.36. The van der Waals surface area contributed by atoms with Gasteiger partial charge in [0.2, 0.25) is 0 Å². The Morgan fingerprint density at radius 2 is 2.24 bits per heavy atom. The number of aliphatic hydroxyl groups excluding tert-OH is 1. The van der Waals surface area contributed by atoms with Gasteiger partial charge in [-0.05, 0) is 17.5 Å². The van der Waals surface area contributed by atoms with Crippen LogP contribution in [0.25, 0.3) is 0 Å². The standard InChI is InChI=1S/C13H15Cl2NO/c14-7-11(15)8-16-6-5-10-3-1-2-4-12(10)13(16)9-17/h1-4,7,13,17H,5-6,8-9H2/b11-7-. The SMILES string of the molecule is OCC1c2ccccc2CCN1C/C(Cl)=C/Cl. The van der Waals surface area contributed by atoms with Gasteiger partial charge in [-0.3, -0.25) is 4.90 Å². The summed E-state index contributed by atoms with van der Waals surface area (Å²) in [4.78, 5) is 2.16. The molecular weight excluding hydrogens is 257 g/mol. The van der Waals surface area contributed by atoms with E-state index in [-0.39, 0.29) is 12.6 Å². The van der Waals surface area contributed by atoms with Gasteiger partial charge in [-0.25, -0.2) is 0 Å². The first-order chi connectivity index (χ1) is 8.26. The second kappa shape index (κ2) is 5.87. The second-order valence-electron chi connectivity index (χ2n) is 4.17. The molecular formula is C13H15Cl2NO. The maximum Gasteiger partial charge on any atom is 0.0628 e. The van der Waals surface area contributed by atoms with Crippen LogP contribution in [0, 0.1) is 0 Å². The van der Waals surface area contributed by atoms with Crippen molar-refractivity contribution < 1.29 is 5.11 Å². The molecule has 92 valence electrons. The van der Waals surface area contributed by atoms with Gasteiger partial charge < -0.3 is 5.11 Å². The van der Waals surface area contributed by atoms with Crippen LogP contribution in [0.1, 0.15) is 17.2 Å². The lowest BCUT2D eigenvalue weighted by molar-refractivity contribution is 0.125. The van der Waals surface area contributed by atoms with Crippen molar-refractivity contribution in [2.24, 2.45) is 0 Å². The molecule has 4 heteroatoms. The highest BCUT2D eigenvalue weighted by atomic mass is 35.5. The van der Waals surface area contributed by atoms with Crippen molar-refractivity contribution in [3.63, 3.8) is 0 Å². The van der Waals surface area contributed by atoms with Crippen LogP contribution in [0.2, 0.25) is 0 Å². The van der Waals surface area contributed by atoms with Crippen LogP contribution in [0.4, 0.5) is 0 Å². The summed E-state index contributed by atoms with van der Waals surface area (Å²) in [6.45, 7) is 1.58. The first kappa shape index (κ1) is 12.9. The number of aliphatic hydroxyl groups is 1. The molecule has 1 unspecified atom stereocenters. The molecule has 1 N–H and O–H groups in total. The average molecular weight is 272 g/mol. The Kier molecular flexibility index (Phi) is 4.46. The van der Waals surface area contributed by atoms with Crippen LogP contribution in [0.5, 0.6) is 0 Å². The molecule has 0 fully saturated rings. The molecule has 1 aliphatic heterocycles. The summed E-state index contributed by atoms with van der Waals surface area (Å²) >= 11 is 11.5. The van der Waals surface area contributed by atoms with Crippen molar-refractivity contribution in [3.8, 4) is 0 Å². The molecule has 0 saturated carbocycles. The molecule has 0 aliphatic carbocycles. The number of hydrogen-bond donors (Lipinski definition) is 1. The van der Waals surface area contributed by atoms with Crippen LogP contribution < -0.4 is 0 Å². The van der Waals surface area contributed by atoms with E-state index in [1.807, 2.05) is 12.1 Å². The maximum atomic E-state index is 9.56. The zero-order chi connectivity index (χ0) is 12.3. The van der Waals surface area contributed by atoms with Crippen molar-refractivity contribution in [3.05, 3.63) is 46.0 Å². The lowest BCUT2D eigenvalue weighted by Crippen LogP contribution is -2.38. The van der Waals surface area contributed by atoms with Crippen LogP contribution in [-0.2, 0) is 6.42 Å². The molecule has 1 aliphatic rings. The Morgan fingerprint density at radius 3 is 2.94 bits per heavy atom. The molecule has 0 aromatic heterocycles. The molecule has 1 aromatic carbocycles. The largest absolute Gasteiger partial charge is 0.394 e. The zero-order valence-electron chi connectivity index (χ0n) is 9.44. The normalized spacial score (nSPS) is 21.4. The molecule has 2 rings (SSSR count). The number of hydrogen-bond acceptors (Lipinski definition) is 2. The predicted octanol–water partition coefficient (Wildman–Crippen LogP) is 2.90. The molecule has 0 bridgehead atoms. The van der Waals surface area contributed by atoms with Gasteiger partial charge >= 0.3 is 0 Å². The van der Waals surface area contributed by atoms with Crippen LogP contribution in [-0.4, -0.2) is 29.7 Å². The number of fused-ring (bicyclic) bond motifs is 1. The first-order valence-electron chi connectivity index (χ1n) is 5.63. The van der Waals surface area contributed by atoms with Crippen LogP contribution >= 0.6 is 23.2 Å². The second-order valence-corrected chi connectivity index (χ2v) is 4.88. The Labute approximate surface area is 111 Å². The van der Waals surface area contributed by atoms with E-state index in [1.165, 1.54) is 16.7 Å². The zero-order valence-corrected chi connectivity index (χ0v) is 11.0. The third-order valence-electron chi connectivity index (χ3n) is 3.17.